The molecule has 28 heavy (non-hydrogen) atoms. The van der Waals surface area contributed by atoms with E-state index in [-0.39, 0.29) is 12.0 Å². The number of amides is 2. The Labute approximate surface area is 163 Å². The van der Waals surface area contributed by atoms with Crippen LogP contribution in [-0.4, -0.2) is 44.2 Å². The van der Waals surface area contributed by atoms with Crippen molar-refractivity contribution in [3.63, 3.8) is 0 Å². The van der Waals surface area contributed by atoms with Gasteiger partial charge in [0.1, 0.15) is 11.5 Å². The van der Waals surface area contributed by atoms with Crippen LogP contribution < -0.4 is 14.8 Å². The molecule has 1 unspecified atom stereocenters. The van der Waals surface area contributed by atoms with Crippen LogP contribution in [0.2, 0.25) is 0 Å². The smallest absolute Gasteiger partial charge is 0.339 e. The number of methoxy groups -OCH3 is 2. The molecule has 2 aliphatic rings. The van der Waals surface area contributed by atoms with Crippen LogP contribution in [0.1, 0.15) is 28.8 Å². The molecule has 1 fully saturated rings. The number of hydrogen-bond acceptors (Lipinski definition) is 5. The summed E-state index contributed by atoms with van der Waals surface area (Å²) in [6.07, 6.45) is 1.44. The molecule has 2 aromatic carbocycles. The maximum absolute atomic E-state index is 12.9. The van der Waals surface area contributed by atoms with E-state index in [2.05, 4.69) is 5.32 Å². The van der Waals surface area contributed by atoms with E-state index in [1.165, 1.54) is 7.11 Å². The van der Waals surface area contributed by atoms with Gasteiger partial charge in [0.25, 0.3) is 0 Å². The van der Waals surface area contributed by atoms with Crippen LogP contribution >= 0.6 is 0 Å². The van der Waals surface area contributed by atoms with E-state index < -0.39 is 5.60 Å². The maximum atomic E-state index is 12.9. The number of likely N-dealkylation sites (tertiary alicyclic amines) is 1. The summed E-state index contributed by atoms with van der Waals surface area (Å²) >= 11 is 0. The molecular weight excluding hydrogens is 360 g/mol. The number of urea groups is 1. The van der Waals surface area contributed by atoms with Crippen LogP contribution in [0.4, 0.5) is 10.5 Å². The molecule has 0 aromatic heterocycles. The van der Waals surface area contributed by atoms with E-state index in [9.17, 15) is 9.59 Å². The average Bonchev–Trinajstić information content (AvgIpc) is 2.99. The van der Waals surface area contributed by atoms with Gasteiger partial charge in [0.15, 0.2) is 5.60 Å². The average molecular weight is 382 g/mol. The quantitative estimate of drug-likeness (QED) is 0.824. The Morgan fingerprint density at radius 2 is 2.00 bits per heavy atom. The molecule has 0 aliphatic carbocycles. The van der Waals surface area contributed by atoms with Crippen molar-refractivity contribution in [2.75, 3.05) is 32.6 Å². The molecule has 2 aromatic rings. The first-order valence-corrected chi connectivity index (χ1v) is 9.17. The summed E-state index contributed by atoms with van der Waals surface area (Å²) in [5.74, 6) is 0.827. The second kappa shape index (κ2) is 7.07. The lowest BCUT2D eigenvalue weighted by atomic mass is 9.85. The van der Waals surface area contributed by atoms with Crippen molar-refractivity contribution in [1.82, 2.24) is 4.90 Å². The molecule has 7 heteroatoms. The van der Waals surface area contributed by atoms with Gasteiger partial charge in [-0.3, -0.25) is 0 Å². The Bertz CT molecular complexity index is 929. The third-order valence-corrected chi connectivity index (χ3v) is 5.32. The lowest BCUT2D eigenvalue weighted by molar-refractivity contribution is -0.0400. The number of hydrogen-bond donors (Lipinski definition) is 1. The monoisotopic (exact) mass is 382 g/mol. The molecule has 2 heterocycles. The van der Waals surface area contributed by atoms with Gasteiger partial charge in [-0.2, -0.15) is 0 Å². The highest BCUT2D eigenvalue weighted by atomic mass is 16.6. The molecule has 0 saturated carbocycles. The minimum absolute atomic E-state index is 0.261. The molecule has 0 bridgehead atoms. The summed E-state index contributed by atoms with van der Waals surface area (Å²) < 4.78 is 16.3. The molecule has 4 rings (SSSR count). The van der Waals surface area contributed by atoms with Gasteiger partial charge in [-0.15, -0.1) is 0 Å². The van der Waals surface area contributed by atoms with Gasteiger partial charge < -0.3 is 24.4 Å². The third-order valence-electron chi connectivity index (χ3n) is 5.32. The first-order valence-electron chi connectivity index (χ1n) is 9.17. The van der Waals surface area contributed by atoms with Crippen molar-refractivity contribution in [2.24, 2.45) is 0 Å². The number of esters is 1. The lowest BCUT2D eigenvalue weighted by Crippen LogP contribution is -2.50. The molecule has 1 spiro atoms. The van der Waals surface area contributed by atoms with Gasteiger partial charge in [-0.25, -0.2) is 9.59 Å². The van der Waals surface area contributed by atoms with Crippen LogP contribution in [0, 0.1) is 0 Å². The first kappa shape index (κ1) is 18.2. The normalized spacial score (nSPS) is 20.5. The molecule has 1 N–H and O–H groups in total. The summed E-state index contributed by atoms with van der Waals surface area (Å²) in [7, 11) is 3.11. The first-order chi connectivity index (χ1) is 13.6. The lowest BCUT2D eigenvalue weighted by Gasteiger charge is -2.39. The van der Waals surface area contributed by atoms with Crippen LogP contribution in [0.5, 0.6) is 11.5 Å². The Balaban J connectivity index is 1.55. The number of carbonyl (C=O) groups is 2. The van der Waals surface area contributed by atoms with E-state index in [1.54, 1.807) is 36.3 Å². The molecule has 1 atom stereocenters. The minimum atomic E-state index is -0.771. The fourth-order valence-corrected chi connectivity index (χ4v) is 3.94. The van der Waals surface area contributed by atoms with Crippen LogP contribution in [0.15, 0.2) is 42.5 Å². The van der Waals surface area contributed by atoms with Gasteiger partial charge in [0.2, 0.25) is 0 Å². The standard InChI is InChI=1S/C21H22N2O5/c1-26-14-8-9-17(18(12-14)27-2)22-20(25)23-11-5-10-21(13-23)16-7-4-3-6-15(16)19(24)28-21/h3-4,6-9,12H,5,10-11,13H2,1-2H3,(H,22,25). The van der Waals surface area contributed by atoms with Gasteiger partial charge in [-0.1, -0.05) is 18.2 Å². The Morgan fingerprint density at radius 1 is 1.18 bits per heavy atom. The zero-order valence-corrected chi connectivity index (χ0v) is 15.9. The summed E-state index contributed by atoms with van der Waals surface area (Å²) in [6.45, 7) is 0.909. The van der Waals surface area contributed by atoms with Crippen molar-refractivity contribution < 1.29 is 23.8 Å². The van der Waals surface area contributed by atoms with Crippen molar-refractivity contribution >= 4 is 17.7 Å². The Kier molecular flexibility index (Phi) is 4.58. The van der Waals surface area contributed by atoms with Gasteiger partial charge >= 0.3 is 12.0 Å². The number of piperidine rings is 1. The van der Waals surface area contributed by atoms with Gasteiger partial charge in [0, 0.05) is 18.2 Å². The fourth-order valence-electron chi connectivity index (χ4n) is 3.94. The van der Waals surface area contributed by atoms with E-state index in [0.29, 0.717) is 42.3 Å². The van der Waals surface area contributed by atoms with E-state index in [1.807, 2.05) is 18.2 Å². The fraction of sp³-hybridized carbons (Fsp3) is 0.333. The zero-order valence-electron chi connectivity index (χ0n) is 15.9. The highest BCUT2D eigenvalue weighted by Gasteiger charge is 2.48. The second-order valence-electron chi connectivity index (χ2n) is 6.95. The highest BCUT2D eigenvalue weighted by molar-refractivity contribution is 5.95. The topological polar surface area (TPSA) is 77.1 Å². The number of nitrogens with zero attached hydrogens (tertiary/aromatic N) is 1. The number of carbonyl (C=O) groups excluding carboxylic acids is 2. The van der Waals surface area contributed by atoms with Gasteiger partial charge in [-0.05, 0) is 31.0 Å². The largest absolute Gasteiger partial charge is 0.497 e. The summed E-state index contributed by atoms with van der Waals surface area (Å²) in [5.41, 5.74) is 1.23. The number of anilines is 1. The highest BCUT2D eigenvalue weighted by Crippen LogP contribution is 2.43. The van der Waals surface area contributed by atoms with Crippen LogP contribution in [-0.2, 0) is 10.3 Å². The molecule has 2 aliphatic heterocycles. The van der Waals surface area contributed by atoms with Crippen molar-refractivity contribution in [1.29, 1.82) is 0 Å². The van der Waals surface area contributed by atoms with Crippen molar-refractivity contribution in [3.05, 3.63) is 53.6 Å². The second-order valence-corrected chi connectivity index (χ2v) is 6.95. The number of benzene rings is 2. The molecular formula is C21H22N2O5. The van der Waals surface area contributed by atoms with Crippen molar-refractivity contribution in [3.8, 4) is 11.5 Å². The molecule has 2 amide bonds. The zero-order chi connectivity index (χ0) is 19.7. The van der Waals surface area contributed by atoms with Crippen molar-refractivity contribution in [2.45, 2.75) is 18.4 Å². The van der Waals surface area contributed by atoms with E-state index >= 15 is 0 Å². The Morgan fingerprint density at radius 3 is 2.79 bits per heavy atom. The van der Waals surface area contributed by atoms with Gasteiger partial charge in [0.05, 0.1) is 32.0 Å². The molecule has 0 radical (unpaired) electrons. The Hall–Kier alpha value is -3.22. The summed E-state index contributed by atoms with van der Waals surface area (Å²) in [6, 6.07) is 12.3. The van der Waals surface area contributed by atoms with E-state index in [0.717, 1.165) is 12.0 Å². The minimum Gasteiger partial charge on any atom is -0.497 e. The van der Waals surface area contributed by atoms with Crippen LogP contribution in [0.3, 0.4) is 0 Å². The molecule has 7 nitrogen and oxygen atoms in total. The SMILES string of the molecule is COc1ccc(NC(=O)N2CCCC3(C2)OC(=O)c2ccccc23)c(OC)c1. The molecule has 1 saturated heterocycles. The summed E-state index contributed by atoms with van der Waals surface area (Å²) in [4.78, 5) is 26.9. The number of nitrogens with one attached hydrogen (secondary N) is 1. The number of rotatable bonds is 3. The summed E-state index contributed by atoms with van der Waals surface area (Å²) in [5, 5.41) is 2.89. The maximum Gasteiger partial charge on any atom is 0.339 e. The number of ether oxygens (including phenoxy) is 3. The third kappa shape index (κ3) is 3.02. The van der Waals surface area contributed by atoms with Crippen LogP contribution in [0.25, 0.3) is 0 Å². The predicted molar refractivity (Wildman–Crippen MR) is 103 cm³/mol. The number of fused-ring (bicyclic) bond motifs is 2. The molecule has 146 valence electrons. The predicted octanol–water partition coefficient (Wildman–Crippen LogP) is 3.40. The van der Waals surface area contributed by atoms with E-state index in [4.69, 9.17) is 14.2 Å².